The van der Waals surface area contributed by atoms with Gasteiger partial charge in [0.2, 0.25) is 11.8 Å². The molecule has 6 nitrogen and oxygen atoms in total. The first-order valence-corrected chi connectivity index (χ1v) is 10.8. The molecule has 2 aromatic carbocycles. The summed E-state index contributed by atoms with van der Waals surface area (Å²) in [5, 5.41) is 6.07. The lowest BCUT2D eigenvalue weighted by atomic mass is 9.78. The molecule has 0 bridgehead atoms. The highest BCUT2D eigenvalue weighted by atomic mass is 16.5. The number of anilines is 1. The molecule has 3 atom stereocenters. The van der Waals surface area contributed by atoms with E-state index in [-0.39, 0.29) is 23.8 Å². The lowest BCUT2D eigenvalue weighted by molar-refractivity contribution is -0.137. The van der Waals surface area contributed by atoms with Crippen LogP contribution in [-0.4, -0.2) is 42.5 Å². The van der Waals surface area contributed by atoms with Crippen molar-refractivity contribution < 1.29 is 14.3 Å². The van der Waals surface area contributed by atoms with Crippen molar-refractivity contribution in [1.82, 2.24) is 10.2 Å². The van der Waals surface area contributed by atoms with Crippen molar-refractivity contribution in [3.63, 3.8) is 0 Å². The topological polar surface area (TPSA) is 70.7 Å². The van der Waals surface area contributed by atoms with Crippen molar-refractivity contribution >= 4 is 17.5 Å². The van der Waals surface area contributed by atoms with E-state index in [9.17, 15) is 9.59 Å². The third kappa shape index (κ3) is 3.02. The Labute approximate surface area is 176 Å². The minimum atomic E-state index is -0.882. The van der Waals surface area contributed by atoms with Gasteiger partial charge in [0.05, 0.1) is 19.1 Å². The summed E-state index contributed by atoms with van der Waals surface area (Å²) in [5.74, 6) is -0.506. The van der Waals surface area contributed by atoms with Gasteiger partial charge in [-0.3, -0.25) is 14.5 Å². The summed E-state index contributed by atoms with van der Waals surface area (Å²) in [5.41, 5.74) is 2.00. The monoisotopic (exact) mass is 405 g/mol. The SMILES string of the molecule is O=C(NCCOCc1ccccc1)[C@H]1C[C@H]2CCCN2[C@]12C(=O)Nc1ccccc12. The molecule has 5 rings (SSSR count). The lowest BCUT2D eigenvalue weighted by Crippen LogP contribution is -2.54. The number of fused-ring (bicyclic) bond motifs is 4. The fraction of sp³-hybridized carbons (Fsp3) is 0.417. The van der Waals surface area contributed by atoms with Gasteiger partial charge >= 0.3 is 0 Å². The molecular weight excluding hydrogens is 378 g/mol. The minimum absolute atomic E-state index is 0.0560. The molecule has 6 heteroatoms. The molecule has 2 N–H and O–H groups in total. The smallest absolute Gasteiger partial charge is 0.250 e. The molecule has 1 spiro atoms. The van der Waals surface area contributed by atoms with Crippen LogP contribution >= 0.6 is 0 Å². The van der Waals surface area contributed by atoms with E-state index in [1.165, 1.54) is 0 Å². The lowest BCUT2D eigenvalue weighted by Gasteiger charge is -2.36. The van der Waals surface area contributed by atoms with Crippen LogP contribution in [0.3, 0.4) is 0 Å². The number of para-hydroxylation sites is 1. The Kier molecular flexibility index (Phi) is 5.05. The molecule has 2 fully saturated rings. The van der Waals surface area contributed by atoms with E-state index in [2.05, 4.69) is 15.5 Å². The first-order chi connectivity index (χ1) is 14.7. The summed E-state index contributed by atoms with van der Waals surface area (Å²) >= 11 is 0. The van der Waals surface area contributed by atoms with Crippen LogP contribution in [0.2, 0.25) is 0 Å². The Morgan fingerprint density at radius 3 is 2.83 bits per heavy atom. The zero-order chi connectivity index (χ0) is 20.6. The number of ether oxygens (including phenoxy) is 1. The Morgan fingerprint density at radius 2 is 1.97 bits per heavy atom. The summed E-state index contributed by atoms with van der Waals surface area (Å²) in [4.78, 5) is 28.8. The van der Waals surface area contributed by atoms with E-state index in [1.807, 2.05) is 54.6 Å². The molecule has 2 amide bonds. The highest BCUT2D eigenvalue weighted by Crippen LogP contribution is 2.55. The Morgan fingerprint density at radius 1 is 1.17 bits per heavy atom. The van der Waals surface area contributed by atoms with E-state index < -0.39 is 5.54 Å². The van der Waals surface area contributed by atoms with Gasteiger partial charge in [-0.15, -0.1) is 0 Å². The van der Waals surface area contributed by atoms with E-state index in [0.717, 1.165) is 42.6 Å². The Hall–Kier alpha value is -2.70. The zero-order valence-corrected chi connectivity index (χ0v) is 17.0. The summed E-state index contributed by atoms with van der Waals surface area (Å²) < 4.78 is 5.70. The first kappa shape index (κ1) is 19.3. The van der Waals surface area contributed by atoms with Crippen molar-refractivity contribution in [1.29, 1.82) is 0 Å². The molecule has 2 aromatic rings. The van der Waals surface area contributed by atoms with Crippen LogP contribution in [0.1, 0.15) is 30.4 Å². The second-order valence-electron chi connectivity index (χ2n) is 8.37. The number of carbonyl (C=O) groups excluding carboxylic acids is 2. The van der Waals surface area contributed by atoms with Gasteiger partial charge in [-0.2, -0.15) is 0 Å². The number of carbonyl (C=O) groups is 2. The van der Waals surface area contributed by atoms with Crippen LogP contribution in [-0.2, 0) is 26.5 Å². The van der Waals surface area contributed by atoms with Gasteiger partial charge in [0.15, 0.2) is 0 Å². The minimum Gasteiger partial charge on any atom is -0.375 e. The fourth-order valence-electron chi connectivity index (χ4n) is 5.51. The largest absolute Gasteiger partial charge is 0.375 e. The van der Waals surface area contributed by atoms with Crippen LogP contribution in [0, 0.1) is 5.92 Å². The summed E-state index contributed by atoms with van der Waals surface area (Å²) in [7, 11) is 0. The molecule has 3 aliphatic heterocycles. The molecule has 0 radical (unpaired) electrons. The highest BCUT2D eigenvalue weighted by molar-refractivity contribution is 6.09. The second-order valence-corrected chi connectivity index (χ2v) is 8.37. The molecule has 30 heavy (non-hydrogen) atoms. The number of benzene rings is 2. The first-order valence-electron chi connectivity index (χ1n) is 10.8. The second kappa shape index (κ2) is 7.85. The van der Waals surface area contributed by atoms with E-state index in [0.29, 0.717) is 19.8 Å². The Balaban J connectivity index is 1.29. The van der Waals surface area contributed by atoms with Crippen molar-refractivity contribution in [2.45, 2.75) is 37.5 Å². The number of rotatable bonds is 6. The predicted molar refractivity (Wildman–Crippen MR) is 114 cm³/mol. The van der Waals surface area contributed by atoms with Gasteiger partial charge in [-0.25, -0.2) is 0 Å². The molecule has 2 saturated heterocycles. The van der Waals surface area contributed by atoms with Gasteiger partial charge in [0.25, 0.3) is 0 Å². The van der Waals surface area contributed by atoms with Gasteiger partial charge in [0, 0.05) is 23.8 Å². The Bertz CT molecular complexity index is 948. The average molecular weight is 405 g/mol. The molecule has 3 aliphatic rings. The quantitative estimate of drug-likeness (QED) is 0.725. The maximum absolute atomic E-state index is 13.3. The number of hydrogen-bond donors (Lipinski definition) is 2. The fourth-order valence-corrected chi connectivity index (χ4v) is 5.51. The highest BCUT2D eigenvalue weighted by Gasteiger charge is 2.65. The summed E-state index contributed by atoms with van der Waals surface area (Å²) in [6, 6.07) is 18.1. The molecule has 0 unspecified atom stereocenters. The molecule has 0 aromatic heterocycles. The van der Waals surface area contributed by atoms with Gasteiger partial charge in [0.1, 0.15) is 5.54 Å². The third-order valence-corrected chi connectivity index (χ3v) is 6.75. The molecule has 0 saturated carbocycles. The predicted octanol–water partition coefficient (Wildman–Crippen LogP) is 2.65. The number of amides is 2. The molecule has 0 aliphatic carbocycles. The van der Waals surface area contributed by atoms with E-state index in [4.69, 9.17) is 4.74 Å². The summed E-state index contributed by atoms with van der Waals surface area (Å²) in [6.45, 7) is 2.26. The van der Waals surface area contributed by atoms with E-state index in [1.54, 1.807) is 0 Å². The van der Waals surface area contributed by atoms with Gasteiger partial charge in [-0.05, 0) is 37.4 Å². The van der Waals surface area contributed by atoms with E-state index >= 15 is 0 Å². The normalized spacial score (nSPS) is 27.1. The average Bonchev–Trinajstić information content (AvgIpc) is 3.43. The number of hydrogen-bond acceptors (Lipinski definition) is 4. The standard InChI is InChI=1S/C24H27N3O3/c28-22(25-12-14-30-16-17-7-2-1-3-8-17)20-15-18-9-6-13-27(18)24(20)19-10-4-5-11-21(19)26-23(24)29/h1-5,7-8,10-11,18,20H,6,9,12-16H2,(H,25,28)(H,26,29)/t18-,20-,24+/m1/s1. The van der Waals surface area contributed by atoms with Crippen LogP contribution in [0.4, 0.5) is 5.69 Å². The number of nitrogens with one attached hydrogen (secondary N) is 2. The van der Waals surface area contributed by atoms with Crippen molar-refractivity contribution in [2.75, 3.05) is 25.0 Å². The molecular formula is C24H27N3O3. The van der Waals surface area contributed by atoms with Gasteiger partial charge < -0.3 is 15.4 Å². The summed E-state index contributed by atoms with van der Waals surface area (Å²) in [6.07, 6.45) is 2.84. The van der Waals surface area contributed by atoms with Gasteiger partial charge in [-0.1, -0.05) is 48.5 Å². The maximum Gasteiger partial charge on any atom is 0.250 e. The van der Waals surface area contributed by atoms with Crippen LogP contribution < -0.4 is 10.6 Å². The van der Waals surface area contributed by atoms with Crippen LogP contribution in [0.25, 0.3) is 0 Å². The van der Waals surface area contributed by atoms with Crippen molar-refractivity contribution in [2.24, 2.45) is 5.92 Å². The molecule has 156 valence electrons. The molecule has 3 heterocycles. The maximum atomic E-state index is 13.3. The number of nitrogens with zero attached hydrogens (tertiary/aromatic N) is 1. The van der Waals surface area contributed by atoms with Crippen molar-refractivity contribution in [3.8, 4) is 0 Å². The van der Waals surface area contributed by atoms with Crippen LogP contribution in [0.15, 0.2) is 54.6 Å². The van der Waals surface area contributed by atoms with Crippen molar-refractivity contribution in [3.05, 3.63) is 65.7 Å². The third-order valence-electron chi connectivity index (χ3n) is 6.75. The zero-order valence-electron chi connectivity index (χ0n) is 17.0. The van der Waals surface area contributed by atoms with Crippen LogP contribution in [0.5, 0.6) is 0 Å².